The Kier molecular flexibility index (Phi) is 4.52. The lowest BCUT2D eigenvalue weighted by molar-refractivity contribution is -0.128. The molecule has 3 N–H and O–H groups in total. The molecule has 0 aliphatic rings. The molecular weight excluding hydrogens is 188 g/mol. The SMILES string of the molecule is COC(=O)N[C@](N)(C(C)=O)[C@H](C)OC. The Bertz CT molecular complexity index is 231. The molecule has 6 nitrogen and oxygen atoms in total. The largest absolute Gasteiger partial charge is 0.453 e. The van der Waals surface area contributed by atoms with Gasteiger partial charge in [-0.2, -0.15) is 0 Å². The van der Waals surface area contributed by atoms with Crippen LogP contribution in [0.3, 0.4) is 0 Å². The van der Waals surface area contributed by atoms with Crippen molar-refractivity contribution in [2.75, 3.05) is 14.2 Å². The Labute approximate surface area is 82.7 Å². The number of carbonyl (C=O) groups excluding carboxylic acids is 2. The van der Waals surface area contributed by atoms with E-state index in [1.165, 1.54) is 21.1 Å². The van der Waals surface area contributed by atoms with Crippen LogP contribution in [0.4, 0.5) is 4.79 Å². The number of alkyl carbamates (subject to hydrolysis) is 1. The smallest absolute Gasteiger partial charge is 0.408 e. The first-order chi connectivity index (χ1) is 6.38. The molecule has 2 atom stereocenters. The number of rotatable bonds is 4. The zero-order valence-corrected chi connectivity index (χ0v) is 8.79. The van der Waals surface area contributed by atoms with Crippen molar-refractivity contribution >= 4 is 11.9 Å². The normalized spacial score (nSPS) is 16.6. The highest BCUT2D eigenvalue weighted by molar-refractivity contribution is 5.89. The number of hydrogen-bond acceptors (Lipinski definition) is 5. The van der Waals surface area contributed by atoms with Gasteiger partial charge in [0.1, 0.15) is 0 Å². The van der Waals surface area contributed by atoms with Gasteiger partial charge in [0.25, 0.3) is 0 Å². The molecule has 0 aromatic rings. The molecule has 0 aliphatic carbocycles. The predicted molar refractivity (Wildman–Crippen MR) is 49.6 cm³/mol. The van der Waals surface area contributed by atoms with E-state index in [1.54, 1.807) is 6.92 Å². The number of ketones is 1. The standard InChI is InChI=1S/C8H16N2O4/c1-5(11)8(9,6(2)13-3)10-7(12)14-4/h6H,9H2,1-4H3,(H,10,12)/t6-,8+/m0/s1. The Morgan fingerprint density at radius 1 is 1.43 bits per heavy atom. The third-order valence-electron chi connectivity index (χ3n) is 2.07. The summed E-state index contributed by atoms with van der Waals surface area (Å²) in [6.45, 7) is 2.85. The summed E-state index contributed by atoms with van der Waals surface area (Å²) >= 11 is 0. The van der Waals surface area contributed by atoms with Crippen LogP contribution < -0.4 is 11.1 Å². The van der Waals surface area contributed by atoms with Gasteiger partial charge in [-0.25, -0.2) is 4.79 Å². The van der Waals surface area contributed by atoms with E-state index in [2.05, 4.69) is 10.1 Å². The fourth-order valence-corrected chi connectivity index (χ4v) is 0.882. The average Bonchev–Trinajstić information content (AvgIpc) is 2.15. The Hall–Kier alpha value is -1.14. The highest BCUT2D eigenvalue weighted by Crippen LogP contribution is 2.08. The monoisotopic (exact) mass is 204 g/mol. The fourth-order valence-electron chi connectivity index (χ4n) is 0.882. The van der Waals surface area contributed by atoms with Crippen molar-refractivity contribution in [3.63, 3.8) is 0 Å². The summed E-state index contributed by atoms with van der Waals surface area (Å²) in [5, 5.41) is 2.24. The van der Waals surface area contributed by atoms with Gasteiger partial charge < -0.3 is 15.2 Å². The number of hydrogen-bond donors (Lipinski definition) is 2. The van der Waals surface area contributed by atoms with E-state index in [9.17, 15) is 9.59 Å². The first kappa shape index (κ1) is 12.9. The number of methoxy groups -OCH3 is 2. The molecule has 0 spiro atoms. The lowest BCUT2D eigenvalue weighted by atomic mass is 10.0. The highest BCUT2D eigenvalue weighted by atomic mass is 16.5. The molecular formula is C8H16N2O4. The quantitative estimate of drug-likeness (QED) is 0.609. The van der Waals surface area contributed by atoms with Gasteiger partial charge in [0.15, 0.2) is 11.4 Å². The van der Waals surface area contributed by atoms with Crippen LogP contribution in [0, 0.1) is 0 Å². The molecule has 1 amide bonds. The summed E-state index contributed by atoms with van der Waals surface area (Å²) in [6.07, 6.45) is -1.41. The third kappa shape index (κ3) is 2.68. The third-order valence-corrected chi connectivity index (χ3v) is 2.07. The molecule has 0 aliphatic heterocycles. The minimum absolute atomic E-state index is 0.405. The number of carbonyl (C=O) groups is 2. The number of Topliss-reactive ketones (excluding diaryl/α,β-unsaturated/α-hetero) is 1. The first-order valence-electron chi connectivity index (χ1n) is 4.07. The van der Waals surface area contributed by atoms with Gasteiger partial charge in [0.05, 0.1) is 13.2 Å². The molecule has 82 valence electrons. The van der Waals surface area contributed by atoms with Gasteiger partial charge in [-0.3, -0.25) is 10.1 Å². The second-order valence-corrected chi connectivity index (χ2v) is 2.92. The van der Waals surface area contributed by atoms with Gasteiger partial charge in [-0.1, -0.05) is 0 Å². The van der Waals surface area contributed by atoms with Crippen LogP contribution in [0.25, 0.3) is 0 Å². The summed E-state index contributed by atoms with van der Waals surface area (Å²) in [4.78, 5) is 22.2. The van der Waals surface area contributed by atoms with Crippen LogP contribution in [-0.2, 0) is 14.3 Å². The first-order valence-corrected chi connectivity index (χ1v) is 4.07. The van der Waals surface area contributed by atoms with Crippen LogP contribution >= 0.6 is 0 Å². The molecule has 0 aromatic carbocycles. The lowest BCUT2D eigenvalue weighted by Gasteiger charge is -2.31. The molecule has 0 aromatic heterocycles. The maximum absolute atomic E-state index is 11.2. The second kappa shape index (κ2) is 4.92. The van der Waals surface area contributed by atoms with Crippen molar-refractivity contribution in [3.05, 3.63) is 0 Å². The topological polar surface area (TPSA) is 90.6 Å². The Balaban J connectivity index is 4.72. The summed E-state index contributed by atoms with van der Waals surface area (Å²) in [5.74, 6) is -0.405. The van der Waals surface area contributed by atoms with Gasteiger partial charge in [-0.15, -0.1) is 0 Å². The Morgan fingerprint density at radius 2 is 1.93 bits per heavy atom. The summed E-state index contributed by atoms with van der Waals surface area (Å²) in [5.41, 5.74) is 4.13. The number of ether oxygens (including phenoxy) is 2. The van der Waals surface area contributed by atoms with Crippen LogP contribution in [0.1, 0.15) is 13.8 Å². The van der Waals surface area contributed by atoms with E-state index in [1.807, 2.05) is 0 Å². The highest BCUT2D eigenvalue weighted by Gasteiger charge is 2.39. The van der Waals surface area contributed by atoms with E-state index < -0.39 is 23.6 Å². The van der Waals surface area contributed by atoms with E-state index in [0.717, 1.165) is 0 Å². The van der Waals surface area contributed by atoms with Crippen molar-refractivity contribution in [3.8, 4) is 0 Å². The van der Waals surface area contributed by atoms with Crippen molar-refractivity contribution in [1.29, 1.82) is 0 Å². The molecule has 0 rings (SSSR count). The minimum atomic E-state index is -1.55. The number of amides is 1. The van der Waals surface area contributed by atoms with Crippen LogP contribution in [0.15, 0.2) is 0 Å². The van der Waals surface area contributed by atoms with Gasteiger partial charge >= 0.3 is 6.09 Å². The summed E-state index contributed by atoms with van der Waals surface area (Å²) in [6, 6.07) is 0. The van der Waals surface area contributed by atoms with E-state index in [4.69, 9.17) is 10.5 Å². The zero-order valence-electron chi connectivity index (χ0n) is 8.79. The van der Waals surface area contributed by atoms with Crippen molar-refractivity contribution in [1.82, 2.24) is 5.32 Å². The van der Waals surface area contributed by atoms with Gasteiger partial charge in [0, 0.05) is 7.11 Å². The minimum Gasteiger partial charge on any atom is -0.453 e. The van der Waals surface area contributed by atoms with Crippen LogP contribution in [-0.4, -0.2) is 37.9 Å². The van der Waals surface area contributed by atoms with Crippen molar-refractivity contribution < 1.29 is 19.1 Å². The maximum atomic E-state index is 11.2. The molecule has 0 bridgehead atoms. The zero-order chi connectivity index (χ0) is 11.4. The molecule has 0 saturated carbocycles. The number of nitrogens with one attached hydrogen (secondary N) is 1. The van der Waals surface area contributed by atoms with Gasteiger partial charge in [0.2, 0.25) is 0 Å². The van der Waals surface area contributed by atoms with Gasteiger partial charge in [-0.05, 0) is 13.8 Å². The van der Waals surface area contributed by atoms with E-state index >= 15 is 0 Å². The fraction of sp³-hybridized carbons (Fsp3) is 0.750. The van der Waals surface area contributed by atoms with Crippen molar-refractivity contribution in [2.45, 2.75) is 25.6 Å². The average molecular weight is 204 g/mol. The molecule has 14 heavy (non-hydrogen) atoms. The van der Waals surface area contributed by atoms with E-state index in [0.29, 0.717) is 0 Å². The second-order valence-electron chi connectivity index (χ2n) is 2.92. The van der Waals surface area contributed by atoms with Crippen LogP contribution in [0.5, 0.6) is 0 Å². The molecule has 0 saturated heterocycles. The lowest BCUT2D eigenvalue weighted by Crippen LogP contribution is -2.67. The molecule has 6 heteroatoms. The molecule has 0 unspecified atom stereocenters. The molecule has 0 radical (unpaired) electrons. The summed E-state index contributed by atoms with van der Waals surface area (Å²) < 4.78 is 9.26. The number of nitrogens with two attached hydrogens (primary N) is 1. The van der Waals surface area contributed by atoms with E-state index in [-0.39, 0.29) is 0 Å². The predicted octanol–water partition coefficient (Wildman–Crippen LogP) is -0.379. The Morgan fingerprint density at radius 3 is 2.21 bits per heavy atom. The maximum Gasteiger partial charge on any atom is 0.408 e. The summed E-state index contributed by atoms with van der Waals surface area (Å²) in [7, 11) is 2.58. The van der Waals surface area contributed by atoms with Crippen LogP contribution in [0.2, 0.25) is 0 Å². The molecule has 0 heterocycles. The van der Waals surface area contributed by atoms with Crippen molar-refractivity contribution in [2.24, 2.45) is 5.73 Å². The molecule has 0 fully saturated rings.